The molecule has 3 N–H and O–H groups in total. The normalized spacial score (nSPS) is 18.5. The molecule has 0 spiro atoms. The average molecular weight is 265 g/mol. The molecule has 0 aliphatic carbocycles. The number of hydrogen-bond acceptors (Lipinski definition) is 6. The Hall–Kier alpha value is -1.24. The van der Waals surface area contributed by atoms with Gasteiger partial charge >= 0.3 is 0 Å². The van der Waals surface area contributed by atoms with Crippen LogP contribution in [0.25, 0.3) is 0 Å². The summed E-state index contributed by atoms with van der Waals surface area (Å²) in [7, 11) is 1.60. The summed E-state index contributed by atoms with van der Waals surface area (Å²) in [4.78, 5) is 11.0. The Morgan fingerprint density at radius 2 is 1.95 bits per heavy atom. The van der Waals surface area contributed by atoms with Crippen LogP contribution in [0, 0.1) is 0 Å². The summed E-state index contributed by atoms with van der Waals surface area (Å²) in [6.07, 6.45) is 5.76. The maximum Gasteiger partial charge on any atom is 0.237 e. The number of methoxy groups -OCH3 is 1. The van der Waals surface area contributed by atoms with Gasteiger partial charge in [-0.15, -0.1) is 0 Å². The van der Waals surface area contributed by atoms with Crippen molar-refractivity contribution in [1.29, 1.82) is 0 Å². The number of nitrogens with zero attached hydrogens (tertiary/aromatic N) is 3. The van der Waals surface area contributed by atoms with Crippen molar-refractivity contribution in [3.63, 3.8) is 0 Å². The molecule has 19 heavy (non-hydrogen) atoms. The van der Waals surface area contributed by atoms with Gasteiger partial charge in [-0.25, -0.2) is 10.4 Å². The largest absolute Gasteiger partial charge is 0.480 e. The first-order valence-corrected chi connectivity index (χ1v) is 6.67. The topological polar surface area (TPSA) is 76.3 Å². The third kappa shape index (κ3) is 2.70. The second kappa shape index (κ2) is 5.81. The van der Waals surface area contributed by atoms with Gasteiger partial charge in [0.25, 0.3) is 0 Å². The number of hydrogen-bond donors (Lipinski definition) is 2. The Balaban J connectivity index is 2.32. The number of hydrazine groups is 1. The van der Waals surface area contributed by atoms with Gasteiger partial charge in [0, 0.05) is 17.9 Å². The number of likely N-dealkylation sites (tertiary alicyclic amines) is 1. The number of nitrogens with two attached hydrogens (primary N) is 1. The van der Waals surface area contributed by atoms with E-state index >= 15 is 0 Å². The lowest BCUT2D eigenvalue weighted by molar-refractivity contribution is 0.103. The molecule has 1 saturated heterocycles. The highest BCUT2D eigenvalue weighted by molar-refractivity contribution is 5.24. The zero-order valence-electron chi connectivity index (χ0n) is 11.9. The van der Waals surface area contributed by atoms with E-state index in [9.17, 15) is 0 Å². The van der Waals surface area contributed by atoms with Gasteiger partial charge in [0.05, 0.1) is 13.2 Å². The van der Waals surface area contributed by atoms with Crippen LogP contribution in [0.4, 0.5) is 0 Å². The third-order valence-electron chi connectivity index (χ3n) is 3.95. The number of rotatable bonds is 5. The van der Waals surface area contributed by atoms with Gasteiger partial charge in [-0.05, 0) is 39.8 Å². The van der Waals surface area contributed by atoms with Crippen LogP contribution in [-0.2, 0) is 0 Å². The van der Waals surface area contributed by atoms with E-state index in [1.807, 2.05) is 0 Å². The molecule has 0 bridgehead atoms. The molecule has 1 aliphatic heterocycles. The van der Waals surface area contributed by atoms with E-state index in [2.05, 4.69) is 34.1 Å². The average Bonchev–Trinajstić information content (AvgIpc) is 2.94. The number of ether oxygens (including phenoxy) is 1. The van der Waals surface area contributed by atoms with Crippen LogP contribution < -0.4 is 16.0 Å². The summed E-state index contributed by atoms with van der Waals surface area (Å²) in [6.45, 7) is 6.54. The maximum atomic E-state index is 5.78. The van der Waals surface area contributed by atoms with Gasteiger partial charge in [-0.1, -0.05) is 0 Å². The van der Waals surface area contributed by atoms with E-state index in [4.69, 9.17) is 10.6 Å². The summed E-state index contributed by atoms with van der Waals surface area (Å²) in [6, 6.07) is -0.130. The lowest BCUT2D eigenvalue weighted by Gasteiger charge is -2.41. The molecule has 2 rings (SSSR count). The van der Waals surface area contributed by atoms with Gasteiger partial charge in [0.2, 0.25) is 5.88 Å². The summed E-state index contributed by atoms with van der Waals surface area (Å²) in [5.74, 6) is 6.31. The third-order valence-corrected chi connectivity index (χ3v) is 3.95. The highest BCUT2D eigenvalue weighted by Gasteiger charge is 2.39. The Morgan fingerprint density at radius 1 is 1.32 bits per heavy atom. The van der Waals surface area contributed by atoms with Gasteiger partial charge in [-0.2, -0.15) is 0 Å². The van der Waals surface area contributed by atoms with Gasteiger partial charge in [-0.3, -0.25) is 15.7 Å². The van der Waals surface area contributed by atoms with Crippen LogP contribution in [-0.4, -0.2) is 40.6 Å². The quantitative estimate of drug-likeness (QED) is 0.607. The van der Waals surface area contributed by atoms with E-state index in [1.54, 1.807) is 19.5 Å². The maximum absolute atomic E-state index is 5.78. The second-order valence-electron chi connectivity index (χ2n) is 5.40. The molecule has 6 nitrogen and oxygen atoms in total. The van der Waals surface area contributed by atoms with Crippen LogP contribution in [0.15, 0.2) is 12.4 Å². The molecule has 1 atom stereocenters. The van der Waals surface area contributed by atoms with Crippen molar-refractivity contribution in [2.45, 2.75) is 38.3 Å². The van der Waals surface area contributed by atoms with Crippen LogP contribution in [0.3, 0.4) is 0 Å². The van der Waals surface area contributed by atoms with Crippen molar-refractivity contribution in [3.8, 4) is 5.88 Å². The van der Waals surface area contributed by atoms with Crippen molar-refractivity contribution >= 4 is 0 Å². The minimum Gasteiger partial charge on any atom is -0.480 e. The summed E-state index contributed by atoms with van der Waals surface area (Å²) in [5, 5.41) is 0. The summed E-state index contributed by atoms with van der Waals surface area (Å²) < 4.78 is 5.30. The zero-order valence-corrected chi connectivity index (χ0v) is 11.9. The van der Waals surface area contributed by atoms with Crippen LogP contribution >= 0.6 is 0 Å². The van der Waals surface area contributed by atoms with Gasteiger partial charge in [0.1, 0.15) is 5.69 Å². The van der Waals surface area contributed by atoms with Crippen LogP contribution in [0.5, 0.6) is 5.88 Å². The molecule has 0 amide bonds. The van der Waals surface area contributed by atoms with Crippen molar-refractivity contribution in [3.05, 3.63) is 18.1 Å². The van der Waals surface area contributed by atoms with E-state index in [-0.39, 0.29) is 11.6 Å². The van der Waals surface area contributed by atoms with Gasteiger partial charge in [0.15, 0.2) is 0 Å². The molecular formula is C13H23N5O. The molecule has 0 saturated carbocycles. The van der Waals surface area contributed by atoms with E-state index in [0.717, 1.165) is 18.8 Å². The first kappa shape index (κ1) is 14.2. The monoisotopic (exact) mass is 265 g/mol. The SMILES string of the molecule is COc1nccnc1C(NN)C(C)(C)N1CCCC1. The number of aromatic nitrogens is 2. The molecule has 0 radical (unpaired) electrons. The lowest BCUT2D eigenvalue weighted by atomic mass is 9.90. The molecule has 1 fully saturated rings. The predicted octanol–water partition coefficient (Wildman–Crippen LogP) is 0.864. The molecule has 6 heteroatoms. The van der Waals surface area contributed by atoms with E-state index in [0.29, 0.717) is 5.88 Å². The Bertz CT molecular complexity index is 417. The van der Waals surface area contributed by atoms with Crippen molar-refractivity contribution in [1.82, 2.24) is 20.3 Å². The minimum absolute atomic E-state index is 0.130. The Morgan fingerprint density at radius 3 is 2.53 bits per heavy atom. The van der Waals surface area contributed by atoms with Gasteiger partial charge < -0.3 is 4.74 Å². The first-order chi connectivity index (χ1) is 9.11. The van der Waals surface area contributed by atoms with Crippen molar-refractivity contribution in [2.24, 2.45) is 5.84 Å². The highest BCUT2D eigenvalue weighted by atomic mass is 16.5. The fourth-order valence-electron chi connectivity index (χ4n) is 2.78. The molecule has 1 aliphatic rings. The van der Waals surface area contributed by atoms with Crippen molar-refractivity contribution in [2.75, 3.05) is 20.2 Å². The molecule has 0 aromatic carbocycles. The molecule has 1 aromatic rings. The smallest absolute Gasteiger partial charge is 0.237 e. The molecule has 1 unspecified atom stereocenters. The highest BCUT2D eigenvalue weighted by Crippen LogP contribution is 2.34. The lowest BCUT2D eigenvalue weighted by Crippen LogP contribution is -2.53. The Kier molecular flexibility index (Phi) is 4.34. The molecule has 2 heterocycles. The van der Waals surface area contributed by atoms with Crippen LogP contribution in [0.2, 0.25) is 0 Å². The summed E-state index contributed by atoms with van der Waals surface area (Å²) in [5.41, 5.74) is 3.50. The molecular weight excluding hydrogens is 242 g/mol. The standard InChI is InChI=1S/C13H23N5O/c1-13(2,18-8-4-5-9-18)11(17-14)10-12(19-3)16-7-6-15-10/h6-7,11,17H,4-5,8-9,14H2,1-3H3. The predicted molar refractivity (Wildman–Crippen MR) is 73.5 cm³/mol. The minimum atomic E-state index is -0.144. The zero-order chi connectivity index (χ0) is 13.9. The second-order valence-corrected chi connectivity index (χ2v) is 5.40. The van der Waals surface area contributed by atoms with E-state index in [1.165, 1.54) is 12.8 Å². The molecule has 1 aromatic heterocycles. The first-order valence-electron chi connectivity index (χ1n) is 6.67. The van der Waals surface area contributed by atoms with E-state index < -0.39 is 0 Å². The fourth-order valence-corrected chi connectivity index (χ4v) is 2.78. The molecule has 106 valence electrons. The van der Waals surface area contributed by atoms with Crippen molar-refractivity contribution < 1.29 is 4.74 Å². The fraction of sp³-hybridized carbons (Fsp3) is 0.692. The summed E-state index contributed by atoms with van der Waals surface area (Å²) >= 11 is 0. The number of nitrogens with one attached hydrogen (secondary N) is 1. The van der Waals surface area contributed by atoms with Crippen LogP contribution in [0.1, 0.15) is 38.4 Å². The Labute approximate surface area is 114 Å².